The number of aromatic nitrogens is 2. The Labute approximate surface area is 103 Å². The minimum absolute atomic E-state index is 0.453. The van der Waals surface area contributed by atoms with Crippen molar-refractivity contribution in [2.45, 2.75) is 51.3 Å². The summed E-state index contributed by atoms with van der Waals surface area (Å²) < 4.78 is 2.15. The summed E-state index contributed by atoms with van der Waals surface area (Å²) in [6.07, 6.45) is 6.43. The fourth-order valence-corrected chi connectivity index (χ4v) is 2.76. The van der Waals surface area contributed by atoms with Crippen molar-refractivity contribution in [3.8, 4) is 0 Å². The fourth-order valence-electron chi connectivity index (χ4n) is 2.76. The molecule has 4 heteroatoms. The summed E-state index contributed by atoms with van der Waals surface area (Å²) in [6.45, 7) is 6.05. The summed E-state index contributed by atoms with van der Waals surface area (Å²) in [5.41, 5.74) is -0.606. The molecule has 0 amide bonds. The molecule has 4 nitrogen and oxygen atoms in total. The Morgan fingerprint density at radius 1 is 1.59 bits per heavy atom. The van der Waals surface area contributed by atoms with Crippen LogP contribution in [0.5, 0.6) is 0 Å². The largest absolute Gasteiger partial charge is 0.388 e. The normalized spacial score (nSPS) is 30.0. The molecule has 1 saturated heterocycles. The van der Waals surface area contributed by atoms with Crippen molar-refractivity contribution in [3.05, 3.63) is 18.2 Å². The van der Waals surface area contributed by atoms with E-state index < -0.39 is 5.60 Å². The summed E-state index contributed by atoms with van der Waals surface area (Å²) in [5, 5.41) is 10.6. The number of hydrogen-bond donors (Lipinski definition) is 1. The predicted octanol–water partition coefficient (Wildman–Crippen LogP) is 1.29. The van der Waals surface area contributed by atoms with Crippen LogP contribution in [0.4, 0.5) is 0 Å². The van der Waals surface area contributed by atoms with E-state index in [1.165, 1.54) is 0 Å². The van der Waals surface area contributed by atoms with Gasteiger partial charge in [-0.15, -0.1) is 0 Å². The lowest BCUT2D eigenvalue weighted by Gasteiger charge is -2.22. The standard InChI is InChI=1S/C13H23N3O/c1-4-6-16-7-5-14-12(16)9-13(17)8-11(2)15(3)10-13/h5,7,11,17H,4,6,8-10H2,1-3H3. The number of β-amino-alcohol motifs (C(OH)–C–C–N with tert-alkyl or cyclic N) is 1. The number of likely N-dealkylation sites (tertiary alicyclic amines) is 1. The van der Waals surface area contributed by atoms with Crippen molar-refractivity contribution in [2.24, 2.45) is 0 Å². The SMILES string of the molecule is CCCn1ccnc1CC1(O)CC(C)N(C)C1. The zero-order valence-electron chi connectivity index (χ0n) is 11.1. The number of imidazole rings is 1. The summed E-state index contributed by atoms with van der Waals surface area (Å²) in [4.78, 5) is 6.59. The first-order chi connectivity index (χ1) is 8.04. The highest BCUT2D eigenvalue weighted by molar-refractivity contribution is 5.03. The molecule has 1 fully saturated rings. The van der Waals surface area contributed by atoms with Gasteiger partial charge in [-0.05, 0) is 26.8 Å². The van der Waals surface area contributed by atoms with Crippen LogP contribution in [0.1, 0.15) is 32.5 Å². The molecule has 96 valence electrons. The second kappa shape index (κ2) is 4.78. The third-order valence-corrected chi connectivity index (χ3v) is 3.72. The van der Waals surface area contributed by atoms with E-state index in [0.29, 0.717) is 12.5 Å². The molecule has 2 unspecified atom stereocenters. The van der Waals surface area contributed by atoms with E-state index >= 15 is 0 Å². The molecule has 0 aromatic carbocycles. The fraction of sp³-hybridized carbons (Fsp3) is 0.769. The summed E-state index contributed by atoms with van der Waals surface area (Å²) >= 11 is 0. The number of aliphatic hydroxyl groups is 1. The summed E-state index contributed by atoms with van der Waals surface area (Å²) in [5.74, 6) is 1.01. The topological polar surface area (TPSA) is 41.3 Å². The number of hydrogen-bond acceptors (Lipinski definition) is 3. The predicted molar refractivity (Wildman–Crippen MR) is 67.9 cm³/mol. The van der Waals surface area contributed by atoms with Crippen LogP contribution in [0.15, 0.2) is 12.4 Å². The molecule has 1 N–H and O–H groups in total. The Morgan fingerprint density at radius 3 is 2.94 bits per heavy atom. The molecule has 1 aromatic rings. The van der Waals surface area contributed by atoms with E-state index in [9.17, 15) is 5.11 Å². The van der Waals surface area contributed by atoms with Crippen molar-refractivity contribution in [2.75, 3.05) is 13.6 Å². The van der Waals surface area contributed by atoms with Crippen LogP contribution >= 0.6 is 0 Å². The number of likely N-dealkylation sites (N-methyl/N-ethyl adjacent to an activating group) is 1. The van der Waals surface area contributed by atoms with E-state index in [4.69, 9.17) is 0 Å². The number of aryl methyl sites for hydroxylation is 1. The highest BCUT2D eigenvalue weighted by atomic mass is 16.3. The summed E-state index contributed by atoms with van der Waals surface area (Å²) in [7, 11) is 2.07. The van der Waals surface area contributed by atoms with Crippen LogP contribution in [-0.2, 0) is 13.0 Å². The zero-order valence-corrected chi connectivity index (χ0v) is 11.1. The molecule has 0 aliphatic carbocycles. The van der Waals surface area contributed by atoms with Gasteiger partial charge in [-0.2, -0.15) is 0 Å². The van der Waals surface area contributed by atoms with Crippen molar-refractivity contribution in [3.63, 3.8) is 0 Å². The highest BCUT2D eigenvalue weighted by Gasteiger charge is 2.39. The third-order valence-electron chi connectivity index (χ3n) is 3.72. The second-order valence-electron chi connectivity index (χ2n) is 5.41. The molecule has 0 saturated carbocycles. The summed E-state index contributed by atoms with van der Waals surface area (Å²) in [6, 6.07) is 0.453. The lowest BCUT2D eigenvalue weighted by molar-refractivity contribution is 0.0492. The van der Waals surface area contributed by atoms with Gasteiger partial charge in [0.2, 0.25) is 0 Å². The van der Waals surface area contributed by atoms with E-state index in [1.807, 2.05) is 12.4 Å². The maximum absolute atomic E-state index is 10.6. The van der Waals surface area contributed by atoms with Gasteiger partial charge < -0.3 is 14.6 Å². The Bertz CT molecular complexity index is 364. The van der Waals surface area contributed by atoms with Crippen LogP contribution < -0.4 is 0 Å². The van der Waals surface area contributed by atoms with Crippen molar-refractivity contribution >= 4 is 0 Å². The van der Waals surface area contributed by atoms with Crippen LogP contribution in [0.25, 0.3) is 0 Å². The van der Waals surface area contributed by atoms with Gasteiger partial charge in [-0.25, -0.2) is 4.98 Å². The average molecular weight is 237 g/mol. The van der Waals surface area contributed by atoms with E-state index in [2.05, 4.69) is 35.3 Å². The third kappa shape index (κ3) is 2.69. The quantitative estimate of drug-likeness (QED) is 0.858. The van der Waals surface area contributed by atoms with E-state index in [0.717, 1.165) is 31.8 Å². The molecule has 0 bridgehead atoms. The van der Waals surface area contributed by atoms with Crippen molar-refractivity contribution in [1.29, 1.82) is 0 Å². The minimum Gasteiger partial charge on any atom is -0.388 e. The van der Waals surface area contributed by atoms with Gasteiger partial charge in [0.05, 0.1) is 5.60 Å². The lowest BCUT2D eigenvalue weighted by atomic mass is 9.96. The smallest absolute Gasteiger partial charge is 0.111 e. The number of nitrogens with zero attached hydrogens (tertiary/aromatic N) is 3. The zero-order chi connectivity index (χ0) is 12.5. The molecule has 17 heavy (non-hydrogen) atoms. The molecular weight excluding hydrogens is 214 g/mol. The molecule has 0 radical (unpaired) electrons. The van der Waals surface area contributed by atoms with Crippen LogP contribution in [0.3, 0.4) is 0 Å². The Balaban J connectivity index is 2.07. The molecular formula is C13H23N3O. The first kappa shape index (κ1) is 12.6. The van der Waals surface area contributed by atoms with Gasteiger partial charge in [0.15, 0.2) is 0 Å². The molecule has 1 aliphatic heterocycles. The average Bonchev–Trinajstić information content (AvgIpc) is 2.74. The van der Waals surface area contributed by atoms with Gasteiger partial charge in [-0.3, -0.25) is 0 Å². The van der Waals surface area contributed by atoms with Crippen LogP contribution in [0.2, 0.25) is 0 Å². The van der Waals surface area contributed by atoms with E-state index in [1.54, 1.807) is 0 Å². The van der Waals surface area contributed by atoms with Gasteiger partial charge in [0.1, 0.15) is 5.82 Å². The molecule has 1 aromatic heterocycles. The van der Waals surface area contributed by atoms with Crippen LogP contribution in [-0.4, -0.2) is 44.8 Å². The molecule has 1 aliphatic rings. The Kier molecular flexibility index (Phi) is 3.54. The van der Waals surface area contributed by atoms with E-state index in [-0.39, 0.29) is 0 Å². The van der Waals surface area contributed by atoms with Crippen LogP contribution in [0, 0.1) is 0 Å². The Hall–Kier alpha value is -0.870. The Morgan fingerprint density at radius 2 is 2.35 bits per heavy atom. The number of rotatable bonds is 4. The highest BCUT2D eigenvalue weighted by Crippen LogP contribution is 2.28. The minimum atomic E-state index is -0.606. The van der Waals surface area contributed by atoms with Gasteiger partial charge in [0.25, 0.3) is 0 Å². The van der Waals surface area contributed by atoms with Crippen molar-refractivity contribution < 1.29 is 5.11 Å². The molecule has 0 spiro atoms. The molecule has 2 rings (SSSR count). The lowest BCUT2D eigenvalue weighted by Crippen LogP contribution is -2.35. The maximum Gasteiger partial charge on any atom is 0.111 e. The maximum atomic E-state index is 10.6. The first-order valence-electron chi connectivity index (χ1n) is 6.47. The van der Waals surface area contributed by atoms with Gasteiger partial charge in [-0.1, -0.05) is 6.92 Å². The van der Waals surface area contributed by atoms with Gasteiger partial charge >= 0.3 is 0 Å². The second-order valence-corrected chi connectivity index (χ2v) is 5.41. The monoisotopic (exact) mass is 237 g/mol. The van der Waals surface area contributed by atoms with Gasteiger partial charge in [0, 0.05) is 37.9 Å². The molecule has 2 atom stereocenters. The molecule has 2 heterocycles. The van der Waals surface area contributed by atoms with Crippen molar-refractivity contribution in [1.82, 2.24) is 14.5 Å². The first-order valence-corrected chi connectivity index (χ1v) is 6.47.